The number of aromatic nitrogens is 5. The van der Waals surface area contributed by atoms with Crippen molar-refractivity contribution in [2.45, 2.75) is 38.1 Å². The van der Waals surface area contributed by atoms with E-state index in [1.165, 1.54) is 11.3 Å². The average Bonchev–Trinajstić information content (AvgIpc) is 3.25. The predicted molar refractivity (Wildman–Crippen MR) is 93.9 cm³/mol. The van der Waals surface area contributed by atoms with E-state index in [1.807, 2.05) is 20.2 Å². The van der Waals surface area contributed by atoms with Gasteiger partial charge in [0.05, 0.1) is 17.4 Å². The van der Waals surface area contributed by atoms with Gasteiger partial charge in [-0.3, -0.25) is 4.68 Å². The maximum absolute atomic E-state index is 6.40. The monoisotopic (exact) mass is 366 g/mol. The Labute approximate surface area is 149 Å². The Morgan fingerprint density at radius 1 is 1.29 bits per heavy atom. The normalized spacial score (nSPS) is 16.3. The molecule has 7 nitrogen and oxygen atoms in total. The van der Waals surface area contributed by atoms with E-state index in [-0.39, 0.29) is 12.4 Å². The first kappa shape index (κ1) is 17.1. The molecule has 1 fully saturated rings. The molecule has 0 saturated heterocycles. The summed E-state index contributed by atoms with van der Waals surface area (Å²) in [4.78, 5) is 10.0. The van der Waals surface area contributed by atoms with E-state index >= 15 is 0 Å². The number of rotatable bonds is 3. The molecular formula is C15H19ClN6OS. The summed E-state index contributed by atoms with van der Waals surface area (Å²) in [5.74, 6) is 1.11. The highest BCUT2D eigenvalue weighted by Crippen LogP contribution is 2.38. The third-order valence-electron chi connectivity index (χ3n) is 4.31. The quantitative estimate of drug-likeness (QED) is 0.765. The lowest BCUT2D eigenvalue weighted by atomic mass is 9.99. The minimum absolute atomic E-state index is 0. The Balaban J connectivity index is 0.00000169. The minimum atomic E-state index is -0.438. The zero-order valence-electron chi connectivity index (χ0n) is 13.5. The van der Waals surface area contributed by atoms with E-state index in [0.717, 1.165) is 46.8 Å². The van der Waals surface area contributed by atoms with Crippen molar-refractivity contribution in [2.24, 2.45) is 12.8 Å². The fraction of sp³-hybridized carbons (Fsp3) is 0.467. The molecule has 3 aromatic rings. The Bertz CT molecular complexity index is 848. The lowest BCUT2D eigenvalue weighted by molar-refractivity contribution is 0.373. The van der Waals surface area contributed by atoms with Crippen LogP contribution in [0.4, 0.5) is 0 Å². The number of halogens is 1. The lowest BCUT2D eigenvalue weighted by Gasteiger charge is -2.17. The van der Waals surface area contributed by atoms with Gasteiger partial charge in [-0.05, 0) is 19.8 Å². The molecule has 3 heterocycles. The topological polar surface area (TPSA) is 95.7 Å². The molecule has 0 bridgehead atoms. The second-order valence-electron chi connectivity index (χ2n) is 6.12. The van der Waals surface area contributed by atoms with E-state index in [1.54, 1.807) is 10.9 Å². The fourth-order valence-corrected chi connectivity index (χ4v) is 3.96. The molecule has 3 aromatic heterocycles. The highest BCUT2D eigenvalue weighted by Gasteiger charge is 2.36. The van der Waals surface area contributed by atoms with Crippen LogP contribution in [0.1, 0.15) is 37.2 Å². The number of hydrogen-bond donors (Lipinski definition) is 1. The fourth-order valence-electron chi connectivity index (χ4n) is 3.00. The van der Waals surface area contributed by atoms with Crippen LogP contribution in [0, 0.1) is 6.92 Å². The van der Waals surface area contributed by atoms with Crippen LogP contribution in [-0.4, -0.2) is 24.9 Å². The molecule has 0 aromatic carbocycles. The van der Waals surface area contributed by atoms with Gasteiger partial charge in [0.1, 0.15) is 9.88 Å². The molecule has 0 spiro atoms. The van der Waals surface area contributed by atoms with E-state index in [4.69, 9.17) is 10.3 Å². The first-order chi connectivity index (χ1) is 11.0. The van der Waals surface area contributed by atoms with Crippen LogP contribution in [0.3, 0.4) is 0 Å². The van der Waals surface area contributed by atoms with Gasteiger partial charge in [-0.2, -0.15) is 10.1 Å². The number of nitrogens with two attached hydrogens (primary N) is 1. The van der Waals surface area contributed by atoms with Gasteiger partial charge in [0.15, 0.2) is 5.82 Å². The molecule has 0 amide bonds. The summed E-state index contributed by atoms with van der Waals surface area (Å²) in [5.41, 5.74) is 7.82. The van der Waals surface area contributed by atoms with Gasteiger partial charge in [-0.25, -0.2) is 4.98 Å². The highest BCUT2D eigenvalue weighted by molar-refractivity contribution is 7.18. The number of nitrogens with zero attached hydrogens (tertiary/aromatic N) is 5. The Kier molecular flexibility index (Phi) is 4.46. The second-order valence-corrected chi connectivity index (χ2v) is 7.12. The van der Waals surface area contributed by atoms with Gasteiger partial charge in [0.25, 0.3) is 5.89 Å². The Morgan fingerprint density at radius 3 is 2.71 bits per heavy atom. The molecule has 128 valence electrons. The van der Waals surface area contributed by atoms with E-state index in [9.17, 15) is 0 Å². The molecule has 2 N–H and O–H groups in total. The Hall–Kier alpha value is -1.77. The van der Waals surface area contributed by atoms with Crippen LogP contribution in [0.5, 0.6) is 0 Å². The minimum Gasteiger partial charge on any atom is -0.333 e. The smallest absolute Gasteiger partial charge is 0.270 e. The molecule has 9 heteroatoms. The van der Waals surface area contributed by atoms with Gasteiger partial charge in [0.2, 0.25) is 0 Å². The maximum Gasteiger partial charge on any atom is 0.270 e. The largest absolute Gasteiger partial charge is 0.333 e. The van der Waals surface area contributed by atoms with Crippen LogP contribution < -0.4 is 5.73 Å². The van der Waals surface area contributed by atoms with Gasteiger partial charge in [-0.1, -0.05) is 18.0 Å². The van der Waals surface area contributed by atoms with E-state index in [2.05, 4.69) is 20.2 Å². The van der Waals surface area contributed by atoms with Gasteiger partial charge in [0, 0.05) is 18.8 Å². The van der Waals surface area contributed by atoms with Crippen molar-refractivity contribution in [3.8, 4) is 21.3 Å². The van der Waals surface area contributed by atoms with Crippen LogP contribution in [0.25, 0.3) is 21.3 Å². The summed E-state index contributed by atoms with van der Waals surface area (Å²) >= 11 is 1.53. The zero-order valence-corrected chi connectivity index (χ0v) is 15.2. The molecule has 0 unspecified atom stereocenters. The van der Waals surface area contributed by atoms with Crippen LogP contribution in [0.15, 0.2) is 16.9 Å². The van der Waals surface area contributed by atoms with Crippen molar-refractivity contribution in [2.75, 3.05) is 0 Å². The summed E-state index contributed by atoms with van der Waals surface area (Å²) in [6.45, 7) is 1.95. The average molecular weight is 367 g/mol. The standard InChI is InChI=1S/C15H18N6OS.ClH/c1-9-11(23-13(18-9)10-7-17-21(2)8-10)12-19-14(20-22-12)15(16)5-3-4-6-15;/h7-8H,3-6,16H2,1-2H3;1H. The molecule has 1 saturated carbocycles. The van der Waals surface area contributed by atoms with E-state index in [0.29, 0.717) is 11.7 Å². The summed E-state index contributed by atoms with van der Waals surface area (Å²) < 4.78 is 7.23. The molecule has 0 atom stereocenters. The molecule has 0 radical (unpaired) electrons. The highest BCUT2D eigenvalue weighted by atomic mass is 35.5. The molecule has 24 heavy (non-hydrogen) atoms. The van der Waals surface area contributed by atoms with Crippen molar-refractivity contribution in [1.82, 2.24) is 24.9 Å². The van der Waals surface area contributed by atoms with Crippen molar-refractivity contribution in [3.05, 3.63) is 23.9 Å². The van der Waals surface area contributed by atoms with Gasteiger partial charge >= 0.3 is 0 Å². The number of hydrogen-bond acceptors (Lipinski definition) is 7. The molecule has 4 rings (SSSR count). The third kappa shape index (κ3) is 2.85. The Morgan fingerprint density at radius 2 is 2.04 bits per heavy atom. The first-order valence-electron chi connectivity index (χ1n) is 7.65. The first-order valence-corrected chi connectivity index (χ1v) is 8.47. The molecule has 0 aliphatic heterocycles. The second kappa shape index (κ2) is 6.27. The van der Waals surface area contributed by atoms with Crippen molar-refractivity contribution in [1.29, 1.82) is 0 Å². The van der Waals surface area contributed by atoms with E-state index < -0.39 is 5.54 Å². The molecular weight excluding hydrogens is 348 g/mol. The summed E-state index contributed by atoms with van der Waals surface area (Å²) in [6.07, 6.45) is 7.79. The third-order valence-corrected chi connectivity index (χ3v) is 5.50. The molecule has 1 aliphatic rings. The van der Waals surface area contributed by atoms with Crippen molar-refractivity contribution < 1.29 is 4.52 Å². The maximum atomic E-state index is 6.40. The van der Waals surface area contributed by atoms with Crippen molar-refractivity contribution >= 4 is 23.7 Å². The predicted octanol–water partition coefficient (Wildman–Crippen LogP) is 3.05. The van der Waals surface area contributed by atoms with Gasteiger partial charge in [-0.15, -0.1) is 23.7 Å². The van der Waals surface area contributed by atoms with Crippen molar-refractivity contribution in [3.63, 3.8) is 0 Å². The summed E-state index contributed by atoms with van der Waals surface area (Å²) in [6, 6.07) is 0. The van der Waals surface area contributed by atoms with Gasteiger partial charge < -0.3 is 10.3 Å². The summed E-state index contributed by atoms with van der Waals surface area (Å²) in [7, 11) is 1.89. The van der Waals surface area contributed by atoms with Crippen LogP contribution >= 0.6 is 23.7 Å². The van der Waals surface area contributed by atoms with Crippen LogP contribution in [0.2, 0.25) is 0 Å². The lowest BCUT2D eigenvalue weighted by Crippen LogP contribution is -2.34. The SMILES string of the molecule is Cc1nc(-c2cnn(C)c2)sc1-c1nc(C2(N)CCCC2)no1.Cl. The summed E-state index contributed by atoms with van der Waals surface area (Å²) in [5, 5.41) is 9.21. The molecule has 1 aliphatic carbocycles. The zero-order chi connectivity index (χ0) is 16.0. The number of thiazole rings is 1. The van der Waals surface area contributed by atoms with Crippen LogP contribution in [-0.2, 0) is 12.6 Å². The number of aryl methyl sites for hydroxylation is 2.